The molecule has 0 radical (unpaired) electrons. The molecule has 6 rings (SSSR count). The summed E-state index contributed by atoms with van der Waals surface area (Å²) in [7, 11) is 3.01. The van der Waals surface area contributed by atoms with Gasteiger partial charge >= 0.3 is 5.97 Å². The molecule has 0 aliphatic carbocycles. The molecule has 0 unspecified atom stereocenters. The molecule has 5 aromatic rings. The minimum atomic E-state index is -0.375. The van der Waals surface area contributed by atoms with Crippen LogP contribution in [0.15, 0.2) is 116 Å². The fourth-order valence-corrected chi connectivity index (χ4v) is 5.48. The average Bonchev–Trinajstić information content (AvgIpc) is 3.66. The second kappa shape index (κ2) is 11.8. The first-order chi connectivity index (χ1) is 20.6. The van der Waals surface area contributed by atoms with E-state index in [1.807, 2.05) is 91.1 Å². The van der Waals surface area contributed by atoms with E-state index in [0.717, 1.165) is 28.5 Å². The first-order valence-electron chi connectivity index (χ1n) is 13.3. The van der Waals surface area contributed by atoms with Gasteiger partial charge < -0.3 is 29.0 Å². The van der Waals surface area contributed by atoms with E-state index in [1.165, 1.54) is 7.11 Å². The minimum absolute atomic E-state index is 0.211. The van der Waals surface area contributed by atoms with Crippen molar-refractivity contribution in [2.45, 2.75) is 12.1 Å². The van der Waals surface area contributed by atoms with Crippen LogP contribution >= 0.6 is 12.2 Å². The first kappa shape index (κ1) is 27.0. The molecule has 1 saturated heterocycles. The summed E-state index contributed by atoms with van der Waals surface area (Å²) in [5, 5.41) is 4.10. The molecular weight excluding hydrogens is 548 g/mol. The van der Waals surface area contributed by atoms with Gasteiger partial charge in [-0.3, -0.25) is 4.98 Å². The molecule has 0 amide bonds. The minimum Gasteiger partial charge on any atom is -0.497 e. The van der Waals surface area contributed by atoms with Crippen LogP contribution in [0.1, 0.15) is 33.8 Å². The van der Waals surface area contributed by atoms with E-state index in [1.54, 1.807) is 25.4 Å². The van der Waals surface area contributed by atoms with Crippen molar-refractivity contribution >= 4 is 29.0 Å². The number of aromatic nitrogens is 2. The molecule has 3 aromatic carbocycles. The van der Waals surface area contributed by atoms with Gasteiger partial charge in [0, 0.05) is 29.5 Å². The van der Waals surface area contributed by atoms with E-state index >= 15 is 0 Å². The molecule has 1 aliphatic heterocycles. The molecule has 1 fully saturated rings. The van der Waals surface area contributed by atoms with Gasteiger partial charge in [0.25, 0.3) is 0 Å². The van der Waals surface area contributed by atoms with Crippen molar-refractivity contribution in [3.8, 4) is 22.9 Å². The normalized spacial score (nSPS) is 16.1. The summed E-state index contributed by atoms with van der Waals surface area (Å²) in [5.74, 6) is 1.81. The molecule has 42 heavy (non-hydrogen) atoms. The topological polar surface area (TPSA) is 77.9 Å². The van der Waals surface area contributed by atoms with E-state index in [4.69, 9.17) is 26.4 Å². The van der Waals surface area contributed by atoms with Gasteiger partial charge in [-0.2, -0.15) is 0 Å². The van der Waals surface area contributed by atoms with E-state index in [0.29, 0.717) is 22.2 Å². The number of ether oxygens (including phenoxy) is 3. The number of hydrogen-bond acceptors (Lipinski definition) is 6. The molecule has 1 aliphatic rings. The molecule has 0 saturated carbocycles. The lowest BCUT2D eigenvalue weighted by molar-refractivity contribution is 0.0600. The first-order valence-corrected chi connectivity index (χ1v) is 13.7. The number of thiocarbonyl (C=S) groups is 1. The Hall–Kier alpha value is -5.15. The van der Waals surface area contributed by atoms with Gasteiger partial charge in [-0.05, 0) is 109 Å². The van der Waals surface area contributed by atoms with Gasteiger partial charge in [0.2, 0.25) is 0 Å². The van der Waals surface area contributed by atoms with Crippen LogP contribution in [0.5, 0.6) is 17.2 Å². The largest absolute Gasteiger partial charge is 0.497 e. The van der Waals surface area contributed by atoms with Crippen LogP contribution in [0.25, 0.3) is 5.69 Å². The van der Waals surface area contributed by atoms with E-state index < -0.39 is 0 Å². The Morgan fingerprint density at radius 1 is 0.810 bits per heavy atom. The van der Waals surface area contributed by atoms with Gasteiger partial charge in [0.15, 0.2) is 5.11 Å². The Morgan fingerprint density at radius 2 is 1.48 bits per heavy atom. The highest BCUT2D eigenvalue weighted by molar-refractivity contribution is 7.80. The predicted molar refractivity (Wildman–Crippen MR) is 165 cm³/mol. The van der Waals surface area contributed by atoms with Crippen LogP contribution in [0.4, 0.5) is 5.69 Å². The maximum atomic E-state index is 12.0. The predicted octanol–water partition coefficient (Wildman–Crippen LogP) is 6.64. The van der Waals surface area contributed by atoms with Gasteiger partial charge in [-0.25, -0.2) is 4.79 Å². The van der Waals surface area contributed by atoms with Crippen LogP contribution in [0.3, 0.4) is 0 Å². The molecular formula is C33H28N4O4S. The van der Waals surface area contributed by atoms with E-state index in [2.05, 4.69) is 25.8 Å². The highest BCUT2D eigenvalue weighted by Gasteiger charge is 2.42. The lowest BCUT2D eigenvalue weighted by atomic mass is 10.0. The maximum Gasteiger partial charge on any atom is 0.337 e. The van der Waals surface area contributed by atoms with Crippen LogP contribution in [-0.2, 0) is 4.74 Å². The van der Waals surface area contributed by atoms with Crippen LogP contribution in [0.2, 0.25) is 0 Å². The van der Waals surface area contributed by atoms with Crippen LogP contribution in [0, 0.1) is 0 Å². The molecule has 210 valence electrons. The van der Waals surface area contributed by atoms with Crippen LogP contribution in [-0.4, -0.2) is 34.9 Å². The van der Waals surface area contributed by atoms with Crippen molar-refractivity contribution in [2.24, 2.45) is 0 Å². The van der Waals surface area contributed by atoms with Crippen molar-refractivity contribution in [2.75, 3.05) is 19.1 Å². The lowest BCUT2D eigenvalue weighted by Crippen LogP contribution is -2.30. The number of hydrogen-bond donors (Lipinski definition) is 1. The maximum absolute atomic E-state index is 12.0. The zero-order valence-electron chi connectivity index (χ0n) is 23.0. The Kier molecular flexibility index (Phi) is 7.57. The van der Waals surface area contributed by atoms with Crippen LogP contribution < -0.4 is 19.7 Å². The van der Waals surface area contributed by atoms with Crippen molar-refractivity contribution in [3.05, 3.63) is 132 Å². The Balaban J connectivity index is 1.35. The fraction of sp³-hybridized carbons (Fsp3) is 0.121. The number of anilines is 1. The third-order valence-corrected chi connectivity index (χ3v) is 7.47. The highest BCUT2D eigenvalue weighted by Crippen LogP contribution is 2.42. The van der Waals surface area contributed by atoms with Crippen molar-refractivity contribution in [1.82, 2.24) is 14.9 Å². The lowest BCUT2D eigenvalue weighted by Gasteiger charge is -2.29. The summed E-state index contributed by atoms with van der Waals surface area (Å²) in [4.78, 5) is 18.8. The Labute approximate surface area is 249 Å². The molecule has 0 spiro atoms. The highest BCUT2D eigenvalue weighted by atomic mass is 32.1. The second-order valence-corrected chi connectivity index (χ2v) is 10.00. The number of carbonyl (C=O) groups excluding carboxylic acids is 1. The molecule has 0 bridgehead atoms. The van der Waals surface area contributed by atoms with Gasteiger partial charge in [-0.1, -0.05) is 6.07 Å². The van der Waals surface area contributed by atoms with Crippen molar-refractivity contribution in [1.29, 1.82) is 0 Å². The smallest absolute Gasteiger partial charge is 0.337 e. The number of pyridine rings is 1. The summed E-state index contributed by atoms with van der Waals surface area (Å²) in [6, 6.07) is 32.2. The average molecular weight is 577 g/mol. The summed E-state index contributed by atoms with van der Waals surface area (Å²) in [6.45, 7) is 0. The number of benzene rings is 3. The summed E-state index contributed by atoms with van der Waals surface area (Å²) >= 11 is 5.91. The third kappa shape index (κ3) is 5.29. The van der Waals surface area contributed by atoms with Gasteiger partial charge in [0.05, 0.1) is 31.5 Å². The van der Waals surface area contributed by atoms with Crippen molar-refractivity contribution < 1.29 is 19.0 Å². The number of methoxy groups -OCH3 is 2. The van der Waals surface area contributed by atoms with Gasteiger partial charge in [-0.15, -0.1) is 0 Å². The molecule has 3 heterocycles. The Morgan fingerprint density at radius 3 is 2.12 bits per heavy atom. The molecule has 2 aromatic heterocycles. The molecule has 8 nitrogen and oxygen atoms in total. The van der Waals surface area contributed by atoms with E-state index in [-0.39, 0.29) is 18.1 Å². The third-order valence-electron chi connectivity index (χ3n) is 7.16. The molecule has 9 heteroatoms. The summed E-state index contributed by atoms with van der Waals surface area (Å²) < 4.78 is 18.3. The quantitative estimate of drug-likeness (QED) is 0.163. The zero-order valence-corrected chi connectivity index (χ0v) is 23.8. The number of carbonyl (C=O) groups is 1. The number of rotatable bonds is 8. The molecule has 2 atom stereocenters. The van der Waals surface area contributed by atoms with Gasteiger partial charge in [0.1, 0.15) is 23.3 Å². The Bertz CT molecular complexity index is 1690. The number of esters is 1. The standard InChI is InChI=1S/C33H28N4O4S/c1-39-25-16-18-27(19-17-25)41-26-14-12-24(13-15-26)37-31(30(35-33(37)42)28-6-3-4-20-34-28)29-7-5-21-36(29)23-10-8-22(9-11-23)32(38)40-2/h3-21,30-31H,1-2H3,(H,35,42)/t30-,31-/m1/s1. The SMILES string of the molecule is COC(=O)c1ccc(-n2cccc2[C@@H]2[C@@H](c3ccccn3)NC(=S)N2c2ccc(Oc3ccc(OC)cc3)cc2)cc1. The van der Waals surface area contributed by atoms with E-state index in [9.17, 15) is 4.79 Å². The molecule has 1 N–H and O–H groups in total. The van der Waals surface area contributed by atoms with Crippen molar-refractivity contribution in [3.63, 3.8) is 0 Å². The summed E-state index contributed by atoms with van der Waals surface area (Å²) in [5.41, 5.74) is 4.18. The second-order valence-electron chi connectivity index (χ2n) is 9.61. The zero-order chi connectivity index (χ0) is 29.1. The number of nitrogens with one attached hydrogen (secondary N) is 1. The summed E-state index contributed by atoms with van der Waals surface area (Å²) in [6.07, 6.45) is 3.79. The monoisotopic (exact) mass is 576 g/mol. The number of nitrogens with zero attached hydrogens (tertiary/aromatic N) is 3. The fourth-order valence-electron chi connectivity index (χ4n) is 5.13.